The van der Waals surface area contributed by atoms with Gasteiger partial charge in [0, 0.05) is 6.54 Å². The van der Waals surface area contributed by atoms with Gasteiger partial charge in [-0.15, -0.1) is 0 Å². The fourth-order valence-corrected chi connectivity index (χ4v) is 1.73. The molecule has 0 radical (unpaired) electrons. The van der Waals surface area contributed by atoms with Crippen LogP contribution in [-0.2, 0) is 5.54 Å². The second kappa shape index (κ2) is 4.64. The smallest absolute Gasteiger partial charge is 0.119 e. The van der Waals surface area contributed by atoms with Crippen molar-refractivity contribution in [3.63, 3.8) is 0 Å². The number of hydrogen-bond donors (Lipinski definition) is 1. The molecule has 1 aromatic carbocycles. The van der Waals surface area contributed by atoms with Gasteiger partial charge in [0.05, 0.1) is 12.6 Å². The standard InChI is InChI=1S/C12H20N2O/c1-12(13,9-14(2)3)10-6-5-7-11(8-10)15-4/h5-8H,9,13H2,1-4H3. The van der Waals surface area contributed by atoms with Crippen molar-refractivity contribution in [1.82, 2.24) is 4.90 Å². The van der Waals surface area contributed by atoms with Crippen molar-refractivity contribution in [2.45, 2.75) is 12.5 Å². The molecule has 3 nitrogen and oxygen atoms in total. The van der Waals surface area contributed by atoms with Crippen LogP contribution in [0.1, 0.15) is 12.5 Å². The van der Waals surface area contributed by atoms with E-state index in [0.29, 0.717) is 0 Å². The van der Waals surface area contributed by atoms with Crippen LogP contribution in [-0.4, -0.2) is 32.6 Å². The second-order valence-corrected chi connectivity index (χ2v) is 4.39. The summed E-state index contributed by atoms with van der Waals surface area (Å²) in [6.07, 6.45) is 0. The molecule has 0 saturated carbocycles. The lowest BCUT2D eigenvalue weighted by atomic mass is 9.92. The number of likely N-dealkylation sites (N-methyl/N-ethyl adjacent to an activating group) is 1. The van der Waals surface area contributed by atoms with Gasteiger partial charge in [-0.1, -0.05) is 12.1 Å². The van der Waals surface area contributed by atoms with Crippen LogP contribution in [0, 0.1) is 0 Å². The summed E-state index contributed by atoms with van der Waals surface area (Å²) >= 11 is 0. The van der Waals surface area contributed by atoms with E-state index >= 15 is 0 Å². The van der Waals surface area contributed by atoms with Gasteiger partial charge in [-0.25, -0.2) is 0 Å². The Balaban J connectivity index is 2.93. The maximum absolute atomic E-state index is 6.27. The van der Waals surface area contributed by atoms with Crippen molar-refractivity contribution in [2.24, 2.45) is 5.73 Å². The third-order valence-corrected chi connectivity index (χ3v) is 2.37. The molecular formula is C12H20N2O. The number of methoxy groups -OCH3 is 1. The van der Waals surface area contributed by atoms with Crippen LogP contribution >= 0.6 is 0 Å². The number of rotatable bonds is 4. The molecule has 3 heteroatoms. The molecule has 0 fully saturated rings. The molecule has 1 unspecified atom stereocenters. The Morgan fingerprint density at radius 1 is 1.40 bits per heavy atom. The largest absolute Gasteiger partial charge is 0.497 e. The third-order valence-electron chi connectivity index (χ3n) is 2.37. The Labute approximate surface area is 91.8 Å². The predicted molar refractivity (Wildman–Crippen MR) is 63.1 cm³/mol. The van der Waals surface area contributed by atoms with Crippen LogP contribution in [0.4, 0.5) is 0 Å². The van der Waals surface area contributed by atoms with E-state index in [1.807, 2.05) is 45.3 Å². The predicted octanol–water partition coefficient (Wildman–Crippen LogP) is 1.43. The monoisotopic (exact) mass is 208 g/mol. The van der Waals surface area contributed by atoms with Crippen molar-refractivity contribution < 1.29 is 4.74 Å². The van der Waals surface area contributed by atoms with E-state index in [0.717, 1.165) is 17.9 Å². The fourth-order valence-electron chi connectivity index (χ4n) is 1.73. The number of nitrogens with two attached hydrogens (primary N) is 1. The van der Waals surface area contributed by atoms with E-state index in [1.54, 1.807) is 7.11 Å². The van der Waals surface area contributed by atoms with E-state index < -0.39 is 0 Å². The SMILES string of the molecule is COc1cccc(C(C)(N)CN(C)C)c1. The maximum Gasteiger partial charge on any atom is 0.119 e. The minimum absolute atomic E-state index is 0.349. The molecule has 15 heavy (non-hydrogen) atoms. The Bertz CT molecular complexity index is 321. The van der Waals surface area contributed by atoms with Crippen molar-refractivity contribution in [2.75, 3.05) is 27.7 Å². The molecular weight excluding hydrogens is 188 g/mol. The molecule has 0 amide bonds. The first-order valence-electron chi connectivity index (χ1n) is 5.04. The van der Waals surface area contributed by atoms with E-state index in [-0.39, 0.29) is 5.54 Å². The lowest BCUT2D eigenvalue weighted by Gasteiger charge is -2.28. The zero-order valence-electron chi connectivity index (χ0n) is 9.95. The molecule has 1 atom stereocenters. The first kappa shape index (κ1) is 12.0. The van der Waals surface area contributed by atoms with Crippen molar-refractivity contribution >= 4 is 0 Å². The molecule has 0 aromatic heterocycles. The van der Waals surface area contributed by atoms with Gasteiger partial charge in [0.15, 0.2) is 0 Å². The van der Waals surface area contributed by atoms with Gasteiger partial charge in [-0.2, -0.15) is 0 Å². The van der Waals surface area contributed by atoms with Crippen LogP contribution in [0.5, 0.6) is 5.75 Å². The van der Waals surface area contributed by atoms with Crippen LogP contribution in [0.3, 0.4) is 0 Å². The van der Waals surface area contributed by atoms with Gasteiger partial charge < -0.3 is 15.4 Å². The molecule has 0 aliphatic carbocycles. The molecule has 0 aliphatic rings. The summed E-state index contributed by atoms with van der Waals surface area (Å²) in [5.74, 6) is 0.850. The minimum Gasteiger partial charge on any atom is -0.497 e. The lowest BCUT2D eigenvalue weighted by molar-refractivity contribution is 0.303. The number of benzene rings is 1. The Morgan fingerprint density at radius 2 is 2.07 bits per heavy atom. The van der Waals surface area contributed by atoms with Crippen molar-refractivity contribution in [3.05, 3.63) is 29.8 Å². The number of hydrogen-bond acceptors (Lipinski definition) is 3. The van der Waals surface area contributed by atoms with Crippen molar-refractivity contribution in [3.8, 4) is 5.75 Å². The molecule has 0 saturated heterocycles. The highest BCUT2D eigenvalue weighted by molar-refractivity contribution is 5.33. The summed E-state index contributed by atoms with van der Waals surface area (Å²) in [4.78, 5) is 2.08. The fraction of sp³-hybridized carbons (Fsp3) is 0.500. The average Bonchev–Trinajstić information content (AvgIpc) is 2.16. The maximum atomic E-state index is 6.27. The first-order chi connectivity index (χ1) is 6.95. The van der Waals surface area contributed by atoms with E-state index in [9.17, 15) is 0 Å². The van der Waals surface area contributed by atoms with Crippen molar-refractivity contribution in [1.29, 1.82) is 0 Å². The zero-order chi connectivity index (χ0) is 11.5. The van der Waals surface area contributed by atoms with Crippen LogP contribution in [0.15, 0.2) is 24.3 Å². The quantitative estimate of drug-likeness (QED) is 0.813. The zero-order valence-corrected chi connectivity index (χ0v) is 9.95. The molecule has 1 aromatic rings. The molecule has 1 rings (SSSR count). The third kappa shape index (κ3) is 3.22. The van der Waals surface area contributed by atoms with E-state index in [4.69, 9.17) is 10.5 Å². The molecule has 0 aliphatic heterocycles. The van der Waals surface area contributed by atoms with Gasteiger partial charge in [0.2, 0.25) is 0 Å². The molecule has 84 valence electrons. The Kier molecular flexibility index (Phi) is 3.72. The number of ether oxygens (including phenoxy) is 1. The topological polar surface area (TPSA) is 38.5 Å². The summed E-state index contributed by atoms with van der Waals surface area (Å²) < 4.78 is 5.19. The van der Waals surface area contributed by atoms with Gasteiger partial charge in [-0.3, -0.25) is 0 Å². The Morgan fingerprint density at radius 3 is 2.60 bits per heavy atom. The number of nitrogens with zero attached hydrogens (tertiary/aromatic N) is 1. The van der Waals surface area contributed by atoms with Crippen LogP contribution < -0.4 is 10.5 Å². The molecule has 0 bridgehead atoms. The van der Waals surface area contributed by atoms with Crippen LogP contribution in [0.25, 0.3) is 0 Å². The average molecular weight is 208 g/mol. The lowest BCUT2D eigenvalue weighted by Crippen LogP contribution is -2.42. The molecule has 2 N–H and O–H groups in total. The summed E-state index contributed by atoms with van der Waals surface area (Å²) in [6.45, 7) is 2.84. The highest BCUT2D eigenvalue weighted by Crippen LogP contribution is 2.22. The molecule has 0 spiro atoms. The van der Waals surface area contributed by atoms with E-state index in [2.05, 4.69) is 4.90 Å². The normalized spacial score (nSPS) is 15.1. The second-order valence-electron chi connectivity index (χ2n) is 4.39. The van der Waals surface area contributed by atoms with Gasteiger partial charge in [0.25, 0.3) is 0 Å². The minimum atomic E-state index is -0.349. The summed E-state index contributed by atoms with van der Waals surface area (Å²) in [5, 5.41) is 0. The van der Waals surface area contributed by atoms with E-state index in [1.165, 1.54) is 0 Å². The summed E-state index contributed by atoms with van der Waals surface area (Å²) in [5.41, 5.74) is 7.01. The Hall–Kier alpha value is -1.06. The molecule has 0 heterocycles. The first-order valence-corrected chi connectivity index (χ1v) is 5.04. The van der Waals surface area contributed by atoms with Gasteiger partial charge in [-0.05, 0) is 38.7 Å². The summed E-state index contributed by atoms with van der Waals surface area (Å²) in [7, 11) is 5.70. The van der Waals surface area contributed by atoms with Gasteiger partial charge >= 0.3 is 0 Å². The summed E-state index contributed by atoms with van der Waals surface area (Å²) in [6, 6.07) is 7.92. The van der Waals surface area contributed by atoms with Crippen LogP contribution in [0.2, 0.25) is 0 Å². The highest BCUT2D eigenvalue weighted by Gasteiger charge is 2.22. The highest BCUT2D eigenvalue weighted by atomic mass is 16.5. The van der Waals surface area contributed by atoms with Gasteiger partial charge in [0.1, 0.15) is 5.75 Å².